The van der Waals surface area contributed by atoms with Gasteiger partial charge < -0.3 is 0 Å². The summed E-state index contributed by atoms with van der Waals surface area (Å²) < 4.78 is 0.731. The Morgan fingerprint density at radius 2 is 2.12 bits per heavy atom. The van der Waals surface area contributed by atoms with Gasteiger partial charge in [0.1, 0.15) is 0 Å². The molecule has 0 unspecified atom stereocenters. The molecule has 0 bridgehead atoms. The highest BCUT2D eigenvalue weighted by Gasteiger charge is 2.27. The molecule has 0 saturated carbocycles. The molecule has 84 valence electrons. The van der Waals surface area contributed by atoms with Gasteiger partial charge in [0.05, 0.1) is 0 Å². The smallest absolute Gasteiger partial charge is 0.260 e. The average molecular weight is 303 g/mol. The van der Waals surface area contributed by atoms with E-state index in [4.69, 9.17) is 11.6 Å². The third-order valence-electron chi connectivity index (χ3n) is 2.43. The van der Waals surface area contributed by atoms with Gasteiger partial charge in [0.25, 0.3) is 5.91 Å². The molecular weight excluding hydrogens is 293 g/mol. The lowest BCUT2D eigenvalue weighted by Gasteiger charge is -2.13. The van der Waals surface area contributed by atoms with Crippen LogP contribution in [0.15, 0.2) is 22.7 Å². The molecule has 0 atom stereocenters. The predicted octanol–water partition coefficient (Wildman–Crippen LogP) is 2.87. The summed E-state index contributed by atoms with van der Waals surface area (Å²) in [5.74, 6) is -0.383. The van der Waals surface area contributed by atoms with Crippen molar-refractivity contribution in [1.82, 2.24) is 4.90 Å². The number of amides is 2. The monoisotopic (exact) mass is 301 g/mol. The van der Waals surface area contributed by atoms with Crippen LogP contribution < -0.4 is 0 Å². The Morgan fingerprint density at radius 1 is 1.38 bits per heavy atom. The van der Waals surface area contributed by atoms with Gasteiger partial charge in [-0.3, -0.25) is 14.5 Å². The molecule has 0 spiro atoms. The first-order valence-corrected chi connectivity index (χ1v) is 6.06. The van der Waals surface area contributed by atoms with E-state index in [0.717, 1.165) is 10.9 Å². The number of carbonyl (C=O) groups excluding carboxylic acids is 2. The summed E-state index contributed by atoms with van der Waals surface area (Å²) in [5, 5.41) is 0.476. The molecule has 0 aliphatic carbocycles. The van der Waals surface area contributed by atoms with E-state index in [-0.39, 0.29) is 11.8 Å². The van der Waals surface area contributed by atoms with E-state index in [1.54, 1.807) is 18.2 Å². The van der Waals surface area contributed by atoms with Crippen LogP contribution in [0.2, 0.25) is 5.02 Å². The number of nitrogens with zero attached hydrogens (tertiary/aromatic N) is 1. The topological polar surface area (TPSA) is 37.4 Å². The van der Waals surface area contributed by atoms with Gasteiger partial charge in [-0.15, -0.1) is 0 Å². The molecule has 0 aromatic heterocycles. The maximum absolute atomic E-state index is 12.0. The Morgan fingerprint density at radius 3 is 2.69 bits per heavy atom. The average Bonchev–Trinajstić information content (AvgIpc) is 2.62. The van der Waals surface area contributed by atoms with Crippen molar-refractivity contribution in [2.45, 2.75) is 12.8 Å². The first-order valence-electron chi connectivity index (χ1n) is 4.89. The number of hydrogen-bond acceptors (Lipinski definition) is 2. The van der Waals surface area contributed by atoms with Gasteiger partial charge in [0.2, 0.25) is 5.91 Å². The fraction of sp³-hybridized carbons (Fsp3) is 0.273. The Balaban J connectivity index is 2.30. The molecule has 0 N–H and O–H groups in total. The van der Waals surface area contributed by atoms with Crippen molar-refractivity contribution in [3.05, 3.63) is 33.3 Å². The van der Waals surface area contributed by atoms with Gasteiger partial charge >= 0.3 is 0 Å². The minimum Gasteiger partial charge on any atom is -0.279 e. The van der Waals surface area contributed by atoms with E-state index in [1.165, 1.54) is 4.90 Å². The molecule has 1 saturated heterocycles. The van der Waals surface area contributed by atoms with E-state index in [2.05, 4.69) is 15.9 Å². The second kappa shape index (κ2) is 4.55. The number of likely N-dealkylation sites (tertiary alicyclic amines) is 1. The van der Waals surface area contributed by atoms with Gasteiger partial charge in [-0.2, -0.15) is 0 Å². The van der Waals surface area contributed by atoms with Crippen molar-refractivity contribution in [2.24, 2.45) is 0 Å². The summed E-state index contributed by atoms with van der Waals surface area (Å²) in [6.07, 6.45) is 1.19. The van der Waals surface area contributed by atoms with Crippen LogP contribution in [0.1, 0.15) is 23.2 Å². The Kier molecular flexibility index (Phi) is 3.30. The van der Waals surface area contributed by atoms with Gasteiger partial charge in [-0.1, -0.05) is 27.5 Å². The minimum atomic E-state index is -0.272. The number of rotatable bonds is 1. The lowest BCUT2D eigenvalue weighted by molar-refractivity contribution is -0.125. The molecule has 5 heteroatoms. The third-order valence-corrected chi connectivity index (χ3v) is 3.10. The highest BCUT2D eigenvalue weighted by molar-refractivity contribution is 9.10. The molecule has 3 nitrogen and oxygen atoms in total. The number of imide groups is 1. The first kappa shape index (κ1) is 11.6. The van der Waals surface area contributed by atoms with Crippen LogP contribution in [-0.2, 0) is 4.79 Å². The molecule has 1 aromatic carbocycles. The lowest BCUT2D eigenvalue weighted by Crippen LogP contribution is -2.31. The Labute approximate surface area is 107 Å². The summed E-state index contributed by atoms with van der Waals surface area (Å²) in [6, 6.07) is 4.93. The zero-order valence-electron chi connectivity index (χ0n) is 8.37. The SMILES string of the molecule is O=C1CCCN1C(=O)c1cc(Cl)cc(Br)c1. The van der Waals surface area contributed by atoms with Gasteiger partial charge in [-0.05, 0) is 24.6 Å². The van der Waals surface area contributed by atoms with Crippen LogP contribution in [0.3, 0.4) is 0 Å². The van der Waals surface area contributed by atoms with Crippen molar-refractivity contribution in [3.8, 4) is 0 Å². The third kappa shape index (κ3) is 2.28. The predicted molar refractivity (Wildman–Crippen MR) is 64.4 cm³/mol. The van der Waals surface area contributed by atoms with Crippen molar-refractivity contribution in [3.63, 3.8) is 0 Å². The van der Waals surface area contributed by atoms with Crippen LogP contribution >= 0.6 is 27.5 Å². The van der Waals surface area contributed by atoms with Crippen LogP contribution in [0.5, 0.6) is 0 Å². The maximum atomic E-state index is 12.0. The number of halogens is 2. The first-order chi connectivity index (χ1) is 7.58. The van der Waals surface area contributed by atoms with E-state index < -0.39 is 0 Å². The molecule has 1 aliphatic rings. The van der Waals surface area contributed by atoms with Gasteiger partial charge in [-0.25, -0.2) is 0 Å². The fourth-order valence-electron chi connectivity index (χ4n) is 1.70. The van der Waals surface area contributed by atoms with E-state index in [1.807, 2.05) is 0 Å². The van der Waals surface area contributed by atoms with Crippen LogP contribution in [0, 0.1) is 0 Å². The molecule has 1 fully saturated rings. The molecule has 1 aliphatic heterocycles. The fourth-order valence-corrected chi connectivity index (χ4v) is 2.56. The molecule has 0 radical (unpaired) electrons. The van der Waals surface area contributed by atoms with Crippen molar-refractivity contribution >= 4 is 39.3 Å². The highest BCUT2D eigenvalue weighted by atomic mass is 79.9. The lowest BCUT2D eigenvalue weighted by atomic mass is 10.2. The maximum Gasteiger partial charge on any atom is 0.260 e. The van der Waals surface area contributed by atoms with Gasteiger partial charge in [0.15, 0.2) is 0 Å². The zero-order valence-corrected chi connectivity index (χ0v) is 10.7. The van der Waals surface area contributed by atoms with Gasteiger partial charge in [0, 0.05) is 28.0 Å². The van der Waals surface area contributed by atoms with Crippen molar-refractivity contribution < 1.29 is 9.59 Å². The molecule has 2 rings (SSSR count). The largest absolute Gasteiger partial charge is 0.279 e. The summed E-state index contributed by atoms with van der Waals surface area (Å²) in [4.78, 5) is 24.7. The van der Waals surface area contributed by atoms with Crippen molar-refractivity contribution in [1.29, 1.82) is 0 Å². The zero-order chi connectivity index (χ0) is 11.7. The molecule has 1 aromatic rings. The minimum absolute atomic E-state index is 0.110. The van der Waals surface area contributed by atoms with Crippen LogP contribution in [0.4, 0.5) is 0 Å². The summed E-state index contributed by atoms with van der Waals surface area (Å²) in [6.45, 7) is 0.502. The summed E-state index contributed by atoms with van der Waals surface area (Å²) >= 11 is 9.12. The van der Waals surface area contributed by atoms with E-state index in [0.29, 0.717) is 23.6 Å². The Hall–Kier alpha value is -0.870. The van der Waals surface area contributed by atoms with Crippen LogP contribution in [-0.4, -0.2) is 23.3 Å². The summed E-state index contributed by atoms with van der Waals surface area (Å²) in [5.41, 5.74) is 0.439. The number of benzene rings is 1. The molecule has 16 heavy (non-hydrogen) atoms. The summed E-state index contributed by atoms with van der Waals surface area (Å²) in [7, 11) is 0. The van der Waals surface area contributed by atoms with E-state index in [9.17, 15) is 9.59 Å². The quantitative estimate of drug-likeness (QED) is 0.748. The second-order valence-corrected chi connectivity index (χ2v) is 4.96. The van der Waals surface area contributed by atoms with E-state index >= 15 is 0 Å². The number of carbonyl (C=O) groups is 2. The highest BCUT2D eigenvalue weighted by Crippen LogP contribution is 2.22. The molecule has 2 amide bonds. The molecule has 1 heterocycles. The second-order valence-electron chi connectivity index (χ2n) is 3.61. The standard InChI is InChI=1S/C11H9BrClNO2/c12-8-4-7(5-9(13)6-8)11(16)14-3-1-2-10(14)15/h4-6H,1-3H2. The number of hydrogen-bond donors (Lipinski definition) is 0. The Bertz CT molecular complexity index is 441. The molecular formula is C11H9BrClNO2. The van der Waals surface area contributed by atoms with Crippen LogP contribution in [0.25, 0.3) is 0 Å². The normalized spacial score (nSPS) is 15.6. The van der Waals surface area contributed by atoms with Crippen molar-refractivity contribution in [2.75, 3.05) is 6.54 Å².